The molecular formula is C48H54N4O8. The highest BCUT2D eigenvalue weighted by Gasteiger charge is 2.22. The van der Waals surface area contributed by atoms with Gasteiger partial charge in [0.25, 0.3) is 0 Å². The molecule has 0 unspecified atom stereocenters. The second-order valence-electron chi connectivity index (χ2n) is 13.6. The maximum Gasteiger partial charge on any atom is 0.330 e. The molecule has 3 aromatic heterocycles. The van der Waals surface area contributed by atoms with E-state index in [1.165, 1.54) is 24.3 Å². The number of ether oxygens (including phenoxy) is 4. The molecule has 0 saturated heterocycles. The van der Waals surface area contributed by atoms with Gasteiger partial charge in [0.15, 0.2) is 0 Å². The third-order valence-corrected chi connectivity index (χ3v) is 9.96. The Morgan fingerprint density at radius 1 is 0.417 bits per heavy atom. The molecule has 0 aromatic carbocycles. The van der Waals surface area contributed by atoms with Crippen LogP contribution in [0.1, 0.15) is 126 Å². The number of hydrogen-bond donors (Lipinski definition) is 2. The molecular weight excluding hydrogens is 761 g/mol. The van der Waals surface area contributed by atoms with E-state index in [4.69, 9.17) is 28.9 Å². The fraction of sp³-hybridized carbons (Fsp3) is 0.333. The first-order chi connectivity index (χ1) is 29.0. The third-order valence-electron chi connectivity index (χ3n) is 9.96. The topological polar surface area (TPSA) is 163 Å². The number of aromatic nitrogens is 4. The Bertz CT molecular complexity index is 2170. The zero-order valence-corrected chi connectivity index (χ0v) is 35.7. The van der Waals surface area contributed by atoms with E-state index < -0.39 is 23.9 Å². The van der Waals surface area contributed by atoms with Crippen LogP contribution in [0.4, 0.5) is 0 Å². The van der Waals surface area contributed by atoms with E-state index in [-0.39, 0.29) is 26.4 Å². The van der Waals surface area contributed by atoms with Crippen LogP contribution in [-0.4, -0.2) is 70.2 Å². The van der Waals surface area contributed by atoms with Gasteiger partial charge in [-0.3, -0.25) is 0 Å². The molecule has 314 valence electrons. The number of H-pyrrole nitrogens is 2. The van der Waals surface area contributed by atoms with Gasteiger partial charge in [0, 0.05) is 68.6 Å². The van der Waals surface area contributed by atoms with Crippen LogP contribution in [0.15, 0.2) is 48.6 Å². The molecule has 0 radical (unpaired) electrons. The third kappa shape index (κ3) is 10.2. The lowest BCUT2D eigenvalue weighted by Crippen LogP contribution is -1.99. The smallest absolute Gasteiger partial charge is 0.330 e. The maximum atomic E-state index is 12.7. The summed E-state index contributed by atoms with van der Waals surface area (Å²) < 4.78 is 21.0. The van der Waals surface area contributed by atoms with Crippen molar-refractivity contribution in [1.82, 2.24) is 19.9 Å². The Balaban J connectivity index is 2.04. The summed E-state index contributed by atoms with van der Waals surface area (Å²) in [6.45, 7) is 16.1. The minimum atomic E-state index is -0.507. The molecule has 60 heavy (non-hydrogen) atoms. The van der Waals surface area contributed by atoms with Gasteiger partial charge in [-0.25, -0.2) is 29.1 Å². The molecule has 0 spiro atoms. The molecule has 2 aliphatic rings. The van der Waals surface area contributed by atoms with Crippen LogP contribution < -0.4 is 0 Å². The summed E-state index contributed by atoms with van der Waals surface area (Å²) in [5, 5.41) is 0. The molecule has 0 aliphatic carbocycles. The fourth-order valence-corrected chi connectivity index (χ4v) is 7.43. The Kier molecular flexibility index (Phi) is 15.5. The maximum absolute atomic E-state index is 12.7. The number of fused-ring (bicyclic) bond motifs is 8. The normalized spacial score (nSPS) is 13.1. The fourth-order valence-electron chi connectivity index (χ4n) is 7.43. The van der Waals surface area contributed by atoms with E-state index in [0.29, 0.717) is 92.8 Å². The lowest BCUT2D eigenvalue weighted by molar-refractivity contribution is -0.138. The molecule has 0 saturated carbocycles. The van der Waals surface area contributed by atoms with Crippen LogP contribution in [0.3, 0.4) is 0 Å². The Labute approximate surface area is 350 Å². The molecule has 5 rings (SSSR count). The summed E-state index contributed by atoms with van der Waals surface area (Å²) in [7, 11) is 0. The number of esters is 4. The first-order valence-electron chi connectivity index (χ1n) is 20.7. The van der Waals surface area contributed by atoms with Gasteiger partial charge in [-0.2, -0.15) is 0 Å². The number of aromatic amines is 2. The molecule has 12 heteroatoms. The average molecular weight is 815 g/mol. The Morgan fingerprint density at radius 2 is 0.633 bits per heavy atom. The SMILES string of the molecule is CCOC(=O)/C=C/c1c(/C=C/C(=O)OCC)c2cc3nc(cc4[nH]c(cc5nc(cc1[nH]2)C(CC)=C5CC)c(/C=C/C(=O)OCC)c4/C=C/C(=O)OCC)C(CC)=C3CC. The predicted molar refractivity (Wildman–Crippen MR) is 238 cm³/mol. The molecule has 0 fully saturated rings. The van der Waals surface area contributed by atoms with E-state index in [2.05, 4.69) is 37.7 Å². The van der Waals surface area contributed by atoms with E-state index >= 15 is 0 Å². The number of carbonyl (C=O) groups excluding carboxylic acids is 4. The van der Waals surface area contributed by atoms with Crippen molar-refractivity contribution >= 4 is 92.5 Å². The van der Waals surface area contributed by atoms with Gasteiger partial charge >= 0.3 is 23.9 Å². The van der Waals surface area contributed by atoms with E-state index in [0.717, 1.165) is 22.3 Å². The van der Waals surface area contributed by atoms with E-state index in [1.807, 2.05) is 24.3 Å². The van der Waals surface area contributed by atoms with Gasteiger partial charge in [0.1, 0.15) is 0 Å². The molecule has 12 nitrogen and oxygen atoms in total. The number of nitrogens with one attached hydrogen (secondary N) is 2. The molecule has 2 N–H and O–H groups in total. The Hall–Kier alpha value is -6.56. The predicted octanol–water partition coefficient (Wildman–Crippen LogP) is 10.1. The summed E-state index contributed by atoms with van der Waals surface area (Å²) in [4.78, 5) is 68.4. The van der Waals surface area contributed by atoms with Gasteiger partial charge in [-0.1, -0.05) is 27.7 Å². The van der Waals surface area contributed by atoms with Gasteiger partial charge in [-0.15, -0.1) is 0 Å². The Morgan fingerprint density at radius 3 is 0.817 bits per heavy atom. The van der Waals surface area contributed by atoms with Gasteiger partial charge in [-0.05, 0) is 124 Å². The molecule has 2 aliphatic heterocycles. The number of rotatable bonds is 16. The largest absolute Gasteiger partial charge is 0.463 e. The van der Waals surface area contributed by atoms with Crippen molar-refractivity contribution < 1.29 is 38.1 Å². The molecule has 5 heterocycles. The van der Waals surface area contributed by atoms with Crippen molar-refractivity contribution in [2.24, 2.45) is 0 Å². The minimum absolute atomic E-state index is 0.216. The zero-order chi connectivity index (χ0) is 43.3. The first-order valence-corrected chi connectivity index (χ1v) is 20.7. The number of nitrogens with zero attached hydrogens (tertiary/aromatic N) is 2. The van der Waals surface area contributed by atoms with Crippen LogP contribution in [0, 0.1) is 0 Å². The van der Waals surface area contributed by atoms with Crippen LogP contribution in [0.25, 0.3) is 68.7 Å². The molecule has 8 bridgehead atoms. The van der Waals surface area contributed by atoms with Gasteiger partial charge in [0.05, 0.1) is 49.2 Å². The van der Waals surface area contributed by atoms with Crippen LogP contribution in [0.5, 0.6) is 0 Å². The first kappa shape index (κ1) is 44.5. The molecule has 3 aromatic rings. The van der Waals surface area contributed by atoms with Crippen molar-refractivity contribution in [2.45, 2.75) is 81.1 Å². The summed E-state index contributed by atoms with van der Waals surface area (Å²) in [5.74, 6) is -2.03. The summed E-state index contributed by atoms with van der Waals surface area (Å²) in [6.07, 6.45) is 14.9. The number of hydrogen-bond acceptors (Lipinski definition) is 10. The van der Waals surface area contributed by atoms with Crippen molar-refractivity contribution in [2.75, 3.05) is 26.4 Å². The van der Waals surface area contributed by atoms with E-state index in [9.17, 15) is 19.2 Å². The second-order valence-corrected chi connectivity index (χ2v) is 13.6. The summed E-state index contributed by atoms with van der Waals surface area (Å²) >= 11 is 0. The summed E-state index contributed by atoms with van der Waals surface area (Å²) in [5.41, 5.74) is 12.1. The van der Waals surface area contributed by atoms with E-state index in [1.54, 1.807) is 52.0 Å². The van der Waals surface area contributed by atoms with Crippen molar-refractivity contribution in [3.05, 3.63) is 93.6 Å². The zero-order valence-electron chi connectivity index (χ0n) is 35.7. The lowest BCUT2D eigenvalue weighted by atomic mass is 9.99. The van der Waals surface area contributed by atoms with Crippen molar-refractivity contribution in [1.29, 1.82) is 0 Å². The van der Waals surface area contributed by atoms with Crippen LogP contribution in [0.2, 0.25) is 0 Å². The second kappa shape index (κ2) is 20.9. The number of allylic oxidation sites excluding steroid dienone is 4. The lowest BCUT2D eigenvalue weighted by Gasteiger charge is -2.03. The minimum Gasteiger partial charge on any atom is -0.463 e. The molecule has 0 atom stereocenters. The van der Waals surface area contributed by atoms with Crippen molar-refractivity contribution in [3.8, 4) is 0 Å². The van der Waals surface area contributed by atoms with Crippen LogP contribution >= 0.6 is 0 Å². The number of carbonyl (C=O) groups is 4. The standard InChI is InChI=1S/C48H54N4O8/c1-9-29-30(10-2)38-26-42-35(19-23-47(55)59-15-7)36(20-24-48(56)60-16-8)44(52-42)28-40-32(12-4)31(11-3)39(50-40)27-43-34(18-22-46(54)58-14-6)33(17-21-45(53)57-13-5)41(51-43)25-37(29)49-38/h17-28,51-52H,9-16H2,1-8H3/b21-17+,22-18+,23-19+,24-20+,37-25?,38-26?,39-27?,40-28?,41-25?,42-26?,43-27?,44-28?. The highest BCUT2D eigenvalue weighted by atomic mass is 16.5. The highest BCUT2D eigenvalue weighted by molar-refractivity contribution is 6.02. The monoisotopic (exact) mass is 814 g/mol. The van der Waals surface area contributed by atoms with Crippen LogP contribution in [-0.2, 0) is 38.1 Å². The molecule has 0 amide bonds. The highest BCUT2D eigenvalue weighted by Crippen LogP contribution is 2.39. The van der Waals surface area contributed by atoms with Crippen molar-refractivity contribution in [3.63, 3.8) is 0 Å². The average Bonchev–Trinajstić information content (AvgIpc) is 3.93. The quantitative estimate of drug-likeness (QED) is 0.0808. The summed E-state index contributed by atoms with van der Waals surface area (Å²) in [6, 6.07) is 7.82. The van der Waals surface area contributed by atoms with Gasteiger partial charge < -0.3 is 28.9 Å². The van der Waals surface area contributed by atoms with Gasteiger partial charge in [0.2, 0.25) is 0 Å².